The second-order valence-electron chi connectivity index (χ2n) is 12.6. The van der Waals surface area contributed by atoms with Gasteiger partial charge in [0, 0.05) is 0 Å². The molecule has 0 unspecified atom stereocenters. The summed E-state index contributed by atoms with van der Waals surface area (Å²) in [6.07, 6.45) is 1.78. The molecule has 3 N–H and O–H groups in total. The average molecular weight is 711 g/mol. The molecule has 6 rings (SSSR count). The van der Waals surface area contributed by atoms with E-state index in [2.05, 4.69) is 21.9 Å². The minimum Gasteiger partial charge on any atom is -0.477 e. The predicted octanol–water partition coefficient (Wildman–Crippen LogP) is 6.67. The van der Waals surface area contributed by atoms with Crippen LogP contribution < -0.4 is 0 Å². The molecule has 53 heavy (non-hydrogen) atoms. The summed E-state index contributed by atoms with van der Waals surface area (Å²) in [7, 11) is 0. The van der Waals surface area contributed by atoms with E-state index in [0.717, 1.165) is 29.9 Å². The third kappa shape index (κ3) is 8.96. The molecule has 0 aliphatic heterocycles. The van der Waals surface area contributed by atoms with Crippen molar-refractivity contribution in [2.75, 3.05) is 6.54 Å². The molecule has 0 radical (unpaired) electrons. The lowest BCUT2D eigenvalue weighted by atomic mass is 10.1. The van der Waals surface area contributed by atoms with Gasteiger partial charge in [-0.2, -0.15) is 0 Å². The molecule has 0 amide bonds. The normalized spacial score (nSPS) is 11.3. The van der Waals surface area contributed by atoms with Gasteiger partial charge in [0.1, 0.15) is 36.7 Å². The lowest BCUT2D eigenvalue weighted by Crippen LogP contribution is -2.47. The summed E-state index contributed by atoms with van der Waals surface area (Å²) in [6, 6.07) is 31.2. The van der Waals surface area contributed by atoms with Crippen molar-refractivity contribution in [3.8, 4) is 34.2 Å². The zero-order chi connectivity index (χ0) is 37.4. The highest BCUT2D eigenvalue weighted by Crippen LogP contribution is 2.27. The Morgan fingerprint density at radius 3 is 1.02 bits per heavy atom. The number of carboxylic acids is 3. The lowest BCUT2D eigenvalue weighted by Gasteiger charge is -2.38. The molecular formula is C40H36N7O6+. The maximum Gasteiger partial charge on any atom is 0.354 e. The highest BCUT2D eigenvalue weighted by atomic mass is 16.4. The van der Waals surface area contributed by atoms with Gasteiger partial charge in [0.25, 0.3) is 0 Å². The Balaban J connectivity index is 1.42. The van der Waals surface area contributed by atoms with Crippen molar-refractivity contribution < 1.29 is 34.2 Å². The zero-order valence-corrected chi connectivity index (χ0v) is 28.8. The number of carboxylic acid groups (broad SMARTS) is 3. The molecule has 0 aromatic carbocycles. The fourth-order valence-corrected chi connectivity index (χ4v) is 6.15. The van der Waals surface area contributed by atoms with Gasteiger partial charge in [0.05, 0.1) is 57.8 Å². The SMILES string of the molecule is CCCC[N+](Cc1cccc(-c2cccc(C(=O)O)n2)n1)(Cc1cccc(-c2cccc(C(=O)O)n2)n1)Cc1cccc(-c2cccc(C(=O)O)n2)n1. The number of aromatic nitrogens is 6. The van der Waals surface area contributed by atoms with Crippen LogP contribution >= 0.6 is 0 Å². The van der Waals surface area contributed by atoms with E-state index in [4.69, 9.17) is 15.0 Å². The van der Waals surface area contributed by atoms with Crippen molar-refractivity contribution in [1.29, 1.82) is 0 Å². The molecule has 13 heteroatoms. The fraction of sp³-hybridized carbons (Fsp3) is 0.175. The van der Waals surface area contributed by atoms with E-state index >= 15 is 0 Å². The molecular weight excluding hydrogens is 674 g/mol. The van der Waals surface area contributed by atoms with Gasteiger partial charge in [-0.05, 0) is 79.2 Å². The Morgan fingerprint density at radius 2 is 0.736 bits per heavy atom. The number of nitrogens with zero attached hydrogens (tertiary/aromatic N) is 7. The number of carbonyl (C=O) groups is 3. The molecule has 0 aliphatic rings. The second kappa shape index (κ2) is 16.1. The molecule has 0 spiro atoms. The summed E-state index contributed by atoms with van der Waals surface area (Å²) < 4.78 is 0.435. The van der Waals surface area contributed by atoms with Gasteiger partial charge in [-0.3, -0.25) is 0 Å². The average Bonchev–Trinajstić information content (AvgIpc) is 3.17. The number of aromatic carboxylic acids is 3. The summed E-state index contributed by atoms with van der Waals surface area (Å²) in [5.41, 5.74) is 4.94. The predicted molar refractivity (Wildman–Crippen MR) is 194 cm³/mol. The lowest BCUT2D eigenvalue weighted by molar-refractivity contribution is -0.967. The first-order valence-corrected chi connectivity index (χ1v) is 17.0. The van der Waals surface area contributed by atoms with Crippen molar-refractivity contribution in [2.24, 2.45) is 0 Å². The minimum atomic E-state index is -1.13. The molecule has 0 aliphatic carbocycles. The molecule has 0 atom stereocenters. The van der Waals surface area contributed by atoms with Crippen LogP contribution in [0.3, 0.4) is 0 Å². The van der Waals surface area contributed by atoms with Crippen molar-refractivity contribution in [3.05, 3.63) is 143 Å². The van der Waals surface area contributed by atoms with E-state index in [1.54, 1.807) is 54.6 Å². The Labute approximate surface area is 305 Å². The maximum absolute atomic E-state index is 11.7. The van der Waals surface area contributed by atoms with Crippen molar-refractivity contribution in [2.45, 2.75) is 39.4 Å². The Morgan fingerprint density at radius 1 is 0.453 bits per heavy atom. The van der Waals surface area contributed by atoms with E-state index in [9.17, 15) is 29.7 Å². The van der Waals surface area contributed by atoms with Crippen LogP contribution in [0.2, 0.25) is 0 Å². The number of hydrogen-bond acceptors (Lipinski definition) is 9. The Hall–Kier alpha value is -6.73. The van der Waals surface area contributed by atoms with Crippen LogP contribution in [0.1, 0.15) is 68.3 Å². The first kappa shape index (κ1) is 36.1. The van der Waals surface area contributed by atoms with Crippen LogP contribution in [0.15, 0.2) is 109 Å². The molecule has 6 heterocycles. The van der Waals surface area contributed by atoms with Gasteiger partial charge in [-0.1, -0.05) is 49.7 Å². The number of rotatable bonds is 15. The number of hydrogen-bond donors (Lipinski definition) is 3. The summed E-state index contributed by atoms with van der Waals surface area (Å²) in [5, 5.41) is 28.6. The van der Waals surface area contributed by atoms with Crippen LogP contribution in [-0.4, -0.2) is 74.2 Å². The topological polar surface area (TPSA) is 189 Å². The number of unbranched alkanes of at least 4 members (excludes halogenated alkanes) is 1. The molecule has 13 nitrogen and oxygen atoms in total. The summed E-state index contributed by atoms with van der Waals surface area (Å²) in [5.74, 6) is -3.38. The highest BCUT2D eigenvalue weighted by molar-refractivity contribution is 5.87. The molecule has 0 saturated heterocycles. The third-order valence-corrected chi connectivity index (χ3v) is 8.59. The Bertz CT molecular complexity index is 2050. The van der Waals surface area contributed by atoms with E-state index in [1.807, 2.05) is 36.4 Å². The van der Waals surface area contributed by atoms with E-state index in [-0.39, 0.29) is 17.1 Å². The number of pyridine rings is 6. The van der Waals surface area contributed by atoms with Crippen molar-refractivity contribution in [1.82, 2.24) is 29.9 Å². The smallest absolute Gasteiger partial charge is 0.354 e. The maximum atomic E-state index is 11.7. The van der Waals surface area contributed by atoms with Crippen LogP contribution in [0.4, 0.5) is 0 Å². The van der Waals surface area contributed by atoms with Crippen LogP contribution in [0, 0.1) is 0 Å². The van der Waals surface area contributed by atoms with E-state index in [1.165, 1.54) is 18.2 Å². The van der Waals surface area contributed by atoms with Gasteiger partial charge in [0.2, 0.25) is 0 Å². The molecule has 6 aromatic rings. The summed E-state index contributed by atoms with van der Waals surface area (Å²) in [4.78, 5) is 62.7. The highest BCUT2D eigenvalue weighted by Gasteiger charge is 2.31. The molecule has 0 saturated carbocycles. The number of quaternary nitrogens is 1. The molecule has 0 bridgehead atoms. The molecule has 266 valence electrons. The van der Waals surface area contributed by atoms with E-state index < -0.39 is 17.9 Å². The molecule has 0 fully saturated rings. The second-order valence-corrected chi connectivity index (χ2v) is 12.6. The monoisotopic (exact) mass is 710 g/mol. The van der Waals surface area contributed by atoms with Crippen molar-refractivity contribution >= 4 is 17.9 Å². The van der Waals surface area contributed by atoms with Gasteiger partial charge < -0.3 is 19.8 Å². The van der Waals surface area contributed by atoms with Gasteiger partial charge in [-0.25, -0.2) is 44.3 Å². The standard InChI is InChI=1S/C40H35N7O6/c1-2-3-22-47(23-26-10-4-13-29(41-26)32-16-7-19-35(44-32)38(48)49,24-27-11-5-14-30(42-27)33-17-8-20-36(45-33)39(50)51)25-28-12-6-15-31(43-28)34-18-9-21-37(46-34)40(52)53/h4-21H,2-3,22-25H2,1H3,(H2-,48,49,50,51,52,53)/p+1. The largest absolute Gasteiger partial charge is 0.477 e. The third-order valence-electron chi connectivity index (χ3n) is 8.59. The van der Waals surface area contributed by atoms with Gasteiger partial charge >= 0.3 is 17.9 Å². The van der Waals surface area contributed by atoms with Crippen LogP contribution in [-0.2, 0) is 19.6 Å². The minimum absolute atomic E-state index is 0.0774. The van der Waals surface area contributed by atoms with E-state index in [0.29, 0.717) is 64.8 Å². The quantitative estimate of drug-likeness (QED) is 0.0962. The van der Waals surface area contributed by atoms with Crippen LogP contribution in [0.5, 0.6) is 0 Å². The summed E-state index contributed by atoms with van der Waals surface area (Å²) >= 11 is 0. The zero-order valence-electron chi connectivity index (χ0n) is 28.8. The first-order valence-electron chi connectivity index (χ1n) is 17.0. The van der Waals surface area contributed by atoms with Gasteiger partial charge in [-0.15, -0.1) is 0 Å². The Kier molecular flexibility index (Phi) is 10.9. The summed E-state index contributed by atoms with van der Waals surface area (Å²) in [6.45, 7) is 4.18. The van der Waals surface area contributed by atoms with Gasteiger partial charge in [0.15, 0.2) is 0 Å². The first-order chi connectivity index (χ1) is 25.6. The fourth-order valence-electron chi connectivity index (χ4n) is 6.15. The van der Waals surface area contributed by atoms with Crippen LogP contribution in [0.25, 0.3) is 34.2 Å². The molecule has 6 aromatic heterocycles. The van der Waals surface area contributed by atoms with Crippen molar-refractivity contribution in [3.63, 3.8) is 0 Å².